The largest absolute Gasteiger partial charge is 0.382 e. The number of nitrogens with one attached hydrogen (secondary N) is 2. The summed E-state index contributed by atoms with van der Waals surface area (Å²) in [4.78, 5) is 11.4. The van der Waals surface area contributed by atoms with E-state index in [0.29, 0.717) is 11.9 Å². The summed E-state index contributed by atoms with van der Waals surface area (Å²) in [6.07, 6.45) is 6.75. The number of hydrogen-bond acceptors (Lipinski definition) is 5. The number of nitrogens with zero attached hydrogens (tertiary/aromatic N) is 2. The van der Waals surface area contributed by atoms with Crippen molar-refractivity contribution >= 4 is 28.6 Å². The Bertz CT molecular complexity index is 510. The van der Waals surface area contributed by atoms with Crippen LogP contribution in [-0.4, -0.2) is 33.0 Å². The van der Waals surface area contributed by atoms with Crippen molar-refractivity contribution in [3.8, 4) is 0 Å². The molecule has 0 unspecified atom stereocenters. The molecule has 0 fully saturated rings. The van der Waals surface area contributed by atoms with Crippen LogP contribution in [-0.2, 0) is 6.54 Å². The average Bonchev–Trinajstić information content (AvgIpc) is 2.78. The first-order valence-corrected chi connectivity index (χ1v) is 7.40. The molecule has 0 aliphatic rings. The third-order valence-electron chi connectivity index (χ3n) is 2.97. The number of hydrogen-bond donors (Lipinski definition) is 3. The smallest absolute Gasteiger partial charge is 0.151 e. The van der Waals surface area contributed by atoms with Gasteiger partial charge in [0.2, 0.25) is 0 Å². The molecule has 2 heterocycles. The van der Waals surface area contributed by atoms with E-state index in [4.69, 9.17) is 5.73 Å². The van der Waals surface area contributed by atoms with Crippen LogP contribution in [0.15, 0.2) is 12.5 Å². The average molecular weight is 265 g/mol. The number of anilines is 1. The maximum atomic E-state index is 5.79. The van der Waals surface area contributed by atoms with Crippen LogP contribution in [0.4, 0.5) is 5.82 Å². The Hall–Kier alpha value is -1.27. The molecule has 0 radical (unpaired) electrons. The van der Waals surface area contributed by atoms with E-state index >= 15 is 0 Å². The van der Waals surface area contributed by atoms with Gasteiger partial charge in [-0.15, -0.1) is 0 Å². The fourth-order valence-electron chi connectivity index (χ4n) is 1.83. The van der Waals surface area contributed by atoms with Crippen LogP contribution in [0.1, 0.15) is 18.9 Å². The quantitative estimate of drug-likeness (QED) is 0.742. The lowest BCUT2D eigenvalue weighted by atomic mass is 10.2. The van der Waals surface area contributed by atoms with Crippen molar-refractivity contribution in [3.05, 3.63) is 18.1 Å². The molecule has 1 atom stereocenters. The summed E-state index contributed by atoms with van der Waals surface area (Å²) < 4.78 is 0. The second-order valence-corrected chi connectivity index (χ2v) is 5.35. The highest BCUT2D eigenvalue weighted by Crippen LogP contribution is 2.18. The van der Waals surface area contributed by atoms with Crippen molar-refractivity contribution in [1.29, 1.82) is 0 Å². The van der Waals surface area contributed by atoms with E-state index in [1.807, 2.05) is 18.0 Å². The van der Waals surface area contributed by atoms with Gasteiger partial charge in [0.25, 0.3) is 0 Å². The minimum absolute atomic E-state index is 0.501. The lowest BCUT2D eigenvalue weighted by Crippen LogP contribution is -2.25. The van der Waals surface area contributed by atoms with Crippen LogP contribution in [0.3, 0.4) is 0 Å². The van der Waals surface area contributed by atoms with E-state index in [-0.39, 0.29) is 0 Å². The van der Waals surface area contributed by atoms with Gasteiger partial charge in [-0.25, -0.2) is 9.97 Å². The molecule has 2 aromatic rings. The molecular weight excluding hydrogens is 246 g/mol. The molecule has 0 spiro atoms. The Kier molecular flexibility index (Phi) is 4.43. The number of nitrogens with two attached hydrogens (primary N) is 1. The van der Waals surface area contributed by atoms with Crippen LogP contribution in [0.5, 0.6) is 0 Å². The van der Waals surface area contributed by atoms with E-state index in [2.05, 4.69) is 33.4 Å². The number of aromatic amines is 1. The normalized spacial score (nSPS) is 13.0. The van der Waals surface area contributed by atoms with Crippen LogP contribution in [0, 0.1) is 0 Å². The van der Waals surface area contributed by atoms with E-state index < -0.39 is 0 Å². The third-order valence-corrected chi connectivity index (χ3v) is 3.61. The third kappa shape index (κ3) is 2.94. The lowest BCUT2D eigenvalue weighted by Gasteiger charge is -2.12. The summed E-state index contributed by atoms with van der Waals surface area (Å²) >= 11 is 1.87. The molecule has 18 heavy (non-hydrogen) atoms. The topological polar surface area (TPSA) is 79.6 Å². The molecule has 2 rings (SSSR count). The van der Waals surface area contributed by atoms with Gasteiger partial charge < -0.3 is 16.0 Å². The van der Waals surface area contributed by atoms with E-state index in [9.17, 15) is 0 Å². The Morgan fingerprint density at radius 3 is 3.11 bits per heavy atom. The highest BCUT2D eigenvalue weighted by atomic mass is 32.2. The maximum absolute atomic E-state index is 5.79. The van der Waals surface area contributed by atoms with Crippen LogP contribution < -0.4 is 11.1 Å². The second kappa shape index (κ2) is 6.06. The number of nitrogen functional groups attached to an aromatic ring is 1. The van der Waals surface area contributed by atoms with Gasteiger partial charge in [0.1, 0.15) is 11.8 Å². The van der Waals surface area contributed by atoms with Gasteiger partial charge in [-0.2, -0.15) is 11.8 Å². The fourth-order valence-corrected chi connectivity index (χ4v) is 2.42. The summed E-state index contributed by atoms with van der Waals surface area (Å²) in [7, 11) is 0. The molecule has 0 aliphatic heterocycles. The van der Waals surface area contributed by atoms with E-state index in [1.54, 1.807) is 0 Å². The second-order valence-electron chi connectivity index (χ2n) is 4.36. The monoisotopic (exact) mass is 265 g/mol. The Morgan fingerprint density at radius 1 is 1.50 bits per heavy atom. The van der Waals surface area contributed by atoms with Gasteiger partial charge >= 0.3 is 0 Å². The number of H-pyrrole nitrogens is 1. The van der Waals surface area contributed by atoms with Gasteiger partial charge in [-0.1, -0.05) is 0 Å². The van der Waals surface area contributed by atoms with Crippen molar-refractivity contribution in [1.82, 2.24) is 20.3 Å². The highest BCUT2D eigenvalue weighted by molar-refractivity contribution is 7.98. The SMILES string of the molecule is CSCC[C@@H](C)NCc1c[nH]c2c(N)ncnc12. The number of fused-ring (bicyclic) bond motifs is 1. The van der Waals surface area contributed by atoms with Gasteiger partial charge in [-0.05, 0) is 25.4 Å². The standard InChI is InChI=1S/C12H19N5S/c1-8(3-4-18-2)14-5-9-6-15-11-10(9)16-7-17-12(11)13/h6-8,14-15H,3-5H2,1-2H3,(H2,13,16,17)/t8-/m1/s1. The fraction of sp³-hybridized carbons (Fsp3) is 0.500. The maximum Gasteiger partial charge on any atom is 0.151 e. The minimum atomic E-state index is 0.501. The number of aromatic nitrogens is 3. The Labute approximate surface area is 111 Å². The first kappa shape index (κ1) is 13.2. The first-order chi connectivity index (χ1) is 8.72. The van der Waals surface area contributed by atoms with Gasteiger partial charge in [-0.3, -0.25) is 0 Å². The van der Waals surface area contributed by atoms with Crippen molar-refractivity contribution in [2.24, 2.45) is 0 Å². The zero-order valence-electron chi connectivity index (χ0n) is 10.7. The first-order valence-electron chi connectivity index (χ1n) is 6.01. The van der Waals surface area contributed by atoms with E-state index in [1.165, 1.54) is 18.5 Å². The van der Waals surface area contributed by atoms with Gasteiger partial charge in [0, 0.05) is 24.3 Å². The van der Waals surface area contributed by atoms with Crippen molar-refractivity contribution in [2.75, 3.05) is 17.7 Å². The van der Waals surface area contributed by atoms with Crippen LogP contribution in [0.25, 0.3) is 11.0 Å². The molecule has 5 nitrogen and oxygen atoms in total. The molecule has 4 N–H and O–H groups in total. The molecule has 0 saturated heterocycles. The molecule has 6 heteroatoms. The van der Waals surface area contributed by atoms with Crippen molar-refractivity contribution < 1.29 is 0 Å². The number of rotatable bonds is 6. The highest BCUT2D eigenvalue weighted by Gasteiger charge is 2.09. The molecule has 98 valence electrons. The van der Waals surface area contributed by atoms with Gasteiger partial charge in [0.15, 0.2) is 5.82 Å². The lowest BCUT2D eigenvalue weighted by molar-refractivity contribution is 0.538. The van der Waals surface area contributed by atoms with Crippen LogP contribution in [0.2, 0.25) is 0 Å². The zero-order chi connectivity index (χ0) is 13.0. The van der Waals surface area contributed by atoms with Gasteiger partial charge in [0.05, 0.1) is 5.52 Å². The molecule has 2 aromatic heterocycles. The molecule has 0 amide bonds. The Balaban J connectivity index is 2.02. The number of thioether (sulfide) groups is 1. The predicted octanol–water partition coefficient (Wildman–Crippen LogP) is 1.77. The molecule has 0 saturated carbocycles. The van der Waals surface area contributed by atoms with E-state index in [0.717, 1.165) is 23.1 Å². The summed E-state index contributed by atoms with van der Waals surface area (Å²) in [5.74, 6) is 1.68. The van der Waals surface area contributed by atoms with Crippen molar-refractivity contribution in [3.63, 3.8) is 0 Å². The zero-order valence-corrected chi connectivity index (χ0v) is 11.5. The van der Waals surface area contributed by atoms with Crippen LogP contribution >= 0.6 is 11.8 Å². The predicted molar refractivity (Wildman–Crippen MR) is 77.6 cm³/mol. The Morgan fingerprint density at radius 2 is 2.33 bits per heavy atom. The summed E-state index contributed by atoms with van der Waals surface area (Å²) in [6.45, 7) is 3.00. The molecule has 0 bridgehead atoms. The minimum Gasteiger partial charge on any atom is -0.382 e. The summed E-state index contributed by atoms with van der Waals surface area (Å²) in [5.41, 5.74) is 8.65. The summed E-state index contributed by atoms with van der Waals surface area (Å²) in [6, 6.07) is 0.501. The summed E-state index contributed by atoms with van der Waals surface area (Å²) in [5, 5.41) is 3.50. The molecule has 0 aliphatic carbocycles. The molecular formula is C12H19N5S. The molecule has 0 aromatic carbocycles. The van der Waals surface area contributed by atoms with Crippen molar-refractivity contribution in [2.45, 2.75) is 25.9 Å².